The monoisotopic (exact) mass is 412 g/mol. The second kappa shape index (κ2) is 10.5. The van der Waals surface area contributed by atoms with Crippen LogP contribution in [-0.4, -0.2) is 67.0 Å². The van der Waals surface area contributed by atoms with Crippen LogP contribution in [0.1, 0.15) is 35.2 Å². The van der Waals surface area contributed by atoms with Crippen molar-refractivity contribution in [3.8, 4) is 5.75 Å². The van der Waals surface area contributed by atoms with Crippen LogP contribution >= 0.6 is 0 Å². The molecule has 3 rings (SSSR count). The van der Waals surface area contributed by atoms with Crippen LogP contribution in [0, 0.1) is 0 Å². The van der Waals surface area contributed by atoms with E-state index in [1.165, 1.54) is 0 Å². The molecule has 2 aromatic carbocycles. The van der Waals surface area contributed by atoms with Gasteiger partial charge in [0.05, 0.1) is 6.10 Å². The molecule has 0 aromatic heterocycles. The molecule has 0 saturated carbocycles. The maximum atomic E-state index is 13.2. The number of hydrogen-bond donors (Lipinski definition) is 2. The van der Waals surface area contributed by atoms with E-state index in [0.717, 1.165) is 36.3 Å². The van der Waals surface area contributed by atoms with Gasteiger partial charge in [-0.2, -0.15) is 0 Å². The Labute approximate surface area is 178 Å². The molecule has 1 aliphatic rings. The maximum absolute atomic E-state index is 13.2. The molecule has 6 heteroatoms. The van der Waals surface area contributed by atoms with E-state index in [-0.39, 0.29) is 12.5 Å². The minimum atomic E-state index is -1.01. The zero-order valence-corrected chi connectivity index (χ0v) is 17.8. The van der Waals surface area contributed by atoms with Crippen LogP contribution < -0.4 is 9.64 Å². The van der Waals surface area contributed by atoms with Crippen molar-refractivity contribution in [1.29, 1.82) is 0 Å². The fourth-order valence-electron chi connectivity index (χ4n) is 3.65. The smallest absolute Gasteiger partial charge is 0.253 e. The van der Waals surface area contributed by atoms with Crippen LogP contribution in [0.4, 0.5) is 5.69 Å². The Morgan fingerprint density at radius 1 is 1.03 bits per heavy atom. The standard InChI is InChI=1S/C24H32N2O4/c1-25(2)20-11-7-10-19(16-20)24(29)26-14-6-5-9-18-8-3-4-12-23(18)30-17-22(28)21(27)13-15-26/h3-4,7-8,10-12,16,21-22,27-28H,5-6,9,13-15,17H2,1-2H3/t21-,22+/m0/s1. The van der Waals surface area contributed by atoms with Gasteiger partial charge < -0.3 is 24.7 Å². The van der Waals surface area contributed by atoms with Gasteiger partial charge in [-0.25, -0.2) is 0 Å². The van der Waals surface area contributed by atoms with Crippen LogP contribution in [0.3, 0.4) is 0 Å². The maximum Gasteiger partial charge on any atom is 0.253 e. The first-order valence-electron chi connectivity index (χ1n) is 10.6. The summed E-state index contributed by atoms with van der Waals surface area (Å²) in [6.45, 7) is 1.02. The number of anilines is 1. The molecular formula is C24H32N2O4. The first-order valence-corrected chi connectivity index (χ1v) is 10.6. The molecule has 0 fully saturated rings. The highest BCUT2D eigenvalue weighted by atomic mass is 16.5. The Balaban J connectivity index is 1.76. The molecule has 2 atom stereocenters. The minimum absolute atomic E-state index is 0.0248. The lowest BCUT2D eigenvalue weighted by Gasteiger charge is -2.26. The Kier molecular flexibility index (Phi) is 7.71. The molecule has 2 aromatic rings. The minimum Gasteiger partial charge on any atom is -0.491 e. The summed E-state index contributed by atoms with van der Waals surface area (Å²) < 4.78 is 5.77. The van der Waals surface area contributed by atoms with E-state index in [0.29, 0.717) is 25.1 Å². The normalized spacial score (nSPS) is 20.7. The number of benzene rings is 2. The number of hydrogen-bond acceptors (Lipinski definition) is 5. The van der Waals surface area contributed by atoms with Gasteiger partial charge in [-0.15, -0.1) is 0 Å². The summed E-state index contributed by atoms with van der Waals surface area (Å²) >= 11 is 0. The number of carbonyl (C=O) groups excluding carboxylic acids is 1. The van der Waals surface area contributed by atoms with Crippen molar-refractivity contribution >= 4 is 11.6 Å². The molecule has 0 aliphatic carbocycles. The van der Waals surface area contributed by atoms with Gasteiger partial charge in [-0.1, -0.05) is 24.3 Å². The zero-order chi connectivity index (χ0) is 21.5. The molecule has 162 valence electrons. The van der Waals surface area contributed by atoms with E-state index in [1.807, 2.05) is 67.5 Å². The summed E-state index contributed by atoms with van der Waals surface area (Å²) in [4.78, 5) is 16.9. The third-order valence-corrected chi connectivity index (χ3v) is 5.54. The largest absolute Gasteiger partial charge is 0.491 e. The molecule has 0 saturated heterocycles. The fraction of sp³-hybridized carbons (Fsp3) is 0.458. The second-order valence-corrected chi connectivity index (χ2v) is 8.04. The predicted octanol–water partition coefficient (Wildman–Crippen LogP) is 2.72. The molecule has 0 spiro atoms. The van der Waals surface area contributed by atoms with Gasteiger partial charge in [-0.3, -0.25) is 4.79 Å². The van der Waals surface area contributed by atoms with Crippen molar-refractivity contribution in [3.05, 3.63) is 59.7 Å². The van der Waals surface area contributed by atoms with Gasteiger partial charge in [0, 0.05) is 38.4 Å². The van der Waals surface area contributed by atoms with Crippen molar-refractivity contribution in [2.24, 2.45) is 0 Å². The molecule has 0 bridgehead atoms. The molecule has 0 radical (unpaired) electrons. The Hall–Kier alpha value is -2.57. The fourth-order valence-corrected chi connectivity index (χ4v) is 3.65. The Morgan fingerprint density at radius 2 is 1.83 bits per heavy atom. The summed E-state index contributed by atoms with van der Waals surface area (Å²) in [6.07, 6.45) is 0.950. The van der Waals surface area contributed by atoms with Crippen molar-refractivity contribution in [2.45, 2.75) is 37.9 Å². The summed E-state index contributed by atoms with van der Waals surface area (Å²) in [7, 11) is 3.89. The number of para-hydroxylation sites is 1. The van der Waals surface area contributed by atoms with Gasteiger partial charge in [0.25, 0.3) is 5.91 Å². The Bertz CT molecular complexity index is 839. The molecule has 6 nitrogen and oxygen atoms in total. The molecule has 1 aliphatic heterocycles. The lowest BCUT2D eigenvalue weighted by atomic mass is 10.1. The van der Waals surface area contributed by atoms with Gasteiger partial charge in [0.15, 0.2) is 0 Å². The predicted molar refractivity (Wildman–Crippen MR) is 118 cm³/mol. The highest BCUT2D eigenvalue weighted by Crippen LogP contribution is 2.22. The van der Waals surface area contributed by atoms with E-state index < -0.39 is 12.2 Å². The molecule has 30 heavy (non-hydrogen) atoms. The van der Waals surface area contributed by atoms with E-state index in [2.05, 4.69) is 0 Å². The lowest BCUT2D eigenvalue weighted by Crippen LogP contribution is -2.38. The van der Waals surface area contributed by atoms with Crippen molar-refractivity contribution in [1.82, 2.24) is 4.90 Å². The number of nitrogens with zero attached hydrogens (tertiary/aromatic N) is 2. The number of aryl methyl sites for hydroxylation is 1. The average molecular weight is 413 g/mol. The van der Waals surface area contributed by atoms with Crippen LogP contribution in [0.2, 0.25) is 0 Å². The molecule has 1 amide bonds. The summed E-state index contributed by atoms with van der Waals surface area (Å²) in [5, 5.41) is 20.7. The van der Waals surface area contributed by atoms with Gasteiger partial charge in [-0.05, 0) is 55.5 Å². The van der Waals surface area contributed by atoms with Crippen LogP contribution in [0.15, 0.2) is 48.5 Å². The van der Waals surface area contributed by atoms with E-state index >= 15 is 0 Å². The summed E-state index contributed by atoms with van der Waals surface area (Å²) in [5.74, 6) is 0.698. The third kappa shape index (κ3) is 5.74. The highest BCUT2D eigenvalue weighted by Gasteiger charge is 2.22. The molecule has 2 N–H and O–H groups in total. The number of aliphatic hydroxyl groups is 2. The molecular weight excluding hydrogens is 380 g/mol. The van der Waals surface area contributed by atoms with Gasteiger partial charge in [0.2, 0.25) is 0 Å². The first-order chi connectivity index (χ1) is 14.5. The van der Waals surface area contributed by atoms with Crippen molar-refractivity contribution in [2.75, 3.05) is 38.7 Å². The number of fused-ring (bicyclic) bond motifs is 1. The number of ether oxygens (including phenoxy) is 1. The van der Waals surface area contributed by atoms with Gasteiger partial charge in [0.1, 0.15) is 18.5 Å². The van der Waals surface area contributed by atoms with Crippen molar-refractivity contribution in [3.63, 3.8) is 0 Å². The van der Waals surface area contributed by atoms with E-state index in [9.17, 15) is 15.0 Å². The Morgan fingerprint density at radius 3 is 2.63 bits per heavy atom. The molecule has 1 heterocycles. The number of rotatable bonds is 2. The van der Waals surface area contributed by atoms with E-state index in [4.69, 9.17) is 4.74 Å². The number of aliphatic hydroxyl groups excluding tert-OH is 2. The topological polar surface area (TPSA) is 73.2 Å². The zero-order valence-electron chi connectivity index (χ0n) is 17.8. The van der Waals surface area contributed by atoms with Crippen LogP contribution in [0.5, 0.6) is 5.75 Å². The average Bonchev–Trinajstić information content (AvgIpc) is 2.77. The number of carbonyl (C=O) groups is 1. The third-order valence-electron chi connectivity index (χ3n) is 5.54. The van der Waals surface area contributed by atoms with Crippen LogP contribution in [-0.2, 0) is 6.42 Å². The lowest BCUT2D eigenvalue weighted by molar-refractivity contribution is -0.0150. The SMILES string of the molecule is CN(C)c1cccc(C(=O)N2CCCCc3ccccc3OC[C@@H](O)[C@@H](O)CC2)c1. The van der Waals surface area contributed by atoms with Gasteiger partial charge >= 0.3 is 0 Å². The summed E-state index contributed by atoms with van der Waals surface area (Å²) in [6, 6.07) is 15.4. The second-order valence-electron chi connectivity index (χ2n) is 8.04. The highest BCUT2D eigenvalue weighted by molar-refractivity contribution is 5.95. The van der Waals surface area contributed by atoms with E-state index in [1.54, 1.807) is 4.90 Å². The summed E-state index contributed by atoms with van der Waals surface area (Å²) in [5.41, 5.74) is 2.68. The first kappa shape index (κ1) is 22.1. The van der Waals surface area contributed by atoms with Crippen molar-refractivity contribution < 1.29 is 19.7 Å². The van der Waals surface area contributed by atoms with Crippen LogP contribution in [0.25, 0.3) is 0 Å². The quantitative estimate of drug-likeness (QED) is 0.794. The number of amides is 1. The molecule has 0 unspecified atom stereocenters.